The number of rotatable bonds is 10. The number of benzene rings is 3. The van der Waals surface area contributed by atoms with Crippen molar-refractivity contribution in [3.63, 3.8) is 0 Å². The van der Waals surface area contributed by atoms with E-state index in [-0.39, 0.29) is 17.9 Å². The summed E-state index contributed by atoms with van der Waals surface area (Å²) in [4.78, 5) is 24.8. The van der Waals surface area contributed by atoms with Gasteiger partial charge in [-0.3, -0.25) is 4.79 Å². The van der Waals surface area contributed by atoms with Gasteiger partial charge in [0.1, 0.15) is 11.5 Å². The lowest BCUT2D eigenvalue weighted by Gasteiger charge is -2.14. The molecule has 0 spiro atoms. The normalized spacial score (nSPS) is 10.5. The van der Waals surface area contributed by atoms with Crippen LogP contribution < -0.4 is 29.1 Å². The summed E-state index contributed by atoms with van der Waals surface area (Å²) in [6.07, 6.45) is 1.36. The topological polar surface area (TPSA) is 105 Å². The molecule has 0 fully saturated rings. The van der Waals surface area contributed by atoms with Gasteiger partial charge >= 0.3 is 5.97 Å². The molecule has 0 aliphatic carbocycles. The van der Waals surface area contributed by atoms with Crippen molar-refractivity contribution in [3.05, 3.63) is 76.8 Å². The zero-order valence-corrected chi connectivity index (χ0v) is 20.0. The van der Waals surface area contributed by atoms with Gasteiger partial charge < -0.3 is 23.7 Å². The Hall–Kier alpha value is -4.24. The average Bonchev–Trinajstić information content (AvgIpc) is 2.88. The summed E-state index contributed by atoms with van der Waals surface area (Å²) in [5.41, 5.74) is 3.02. The largest absolute Gasteiger partial charge is 0.493 e. The van der Waals surface area contributed by atoms with Crippen LogP contribution in [-0.4, -0.2) is 46.0 Å². The van der Waals surface area contributed by atoms with Gasteiger partial charge in [-0.15, -0.1) is 0 Å². The van der Waals surface area contributed by atoms with E-state index in [0.29, 0.717) is 33.6 Å². The van der Waals surface area contributed by atoms with Crippen LogP contribution in [0.5, 0.6) is 28.7 Å². The Balaban J connectivity index is 1.65. The SMILES string of the molecule is COc1cc(C(=O)Oc2ccccc2/C=N/NC(=O)COc2ccc(Cl)cc2)cc(OC)c1OC. The minimum absolute atomic E-state index is 0.193. The maximum Gasteiger partial charge on any atom is 0.343 e. The van der Waals surface area contributed by atoms with E-state index in [0.717, 1.165) is 0 Å². The molecule has 3 aromatic rings. The highest BCUT2D eigenvalue weighted by molar-refractivity contribution is 6.30. The fraction of sp³-hybridized carbons (Fsp3) is 0.160. The van der Waals surface area contributed by atoms with Crippen LogP contribution >= 0.6 is 11.6 Å². The molecule has 1 amide bonds. The fourth-order valence-electron chi connectivity index (χ4n) is 2.92. The van der Waals surface area contributed by atoms with E-state index >= 15 is 0 Å². The second kappa shape index (κ2) is 12.3. The van der Waals surface area contributed by atoms with Crippen molar-refractivity contribution in [2.24, 2.45) is 5.10 Å². The number of carbonyl (C=O) groups is 2. The summed E-state index contributed by atoms with van der Waals surface area (Å²) < 4.78 is 26.7. The van der Waals surface area contributed by atoms with Crippen molar-refractivity contribution >= 4 is 29.7 Å². The summed E-state index contributed by atoms with van der Waals surface area (Å²) in [6, 6.07) is 16.3. The van der Waals surface area contributed by atoms with Crippen LogP contribution in [0, 0.1) is 0 Å². The van der Waals surface area contributed by atoms with Crippen molar-refractivity contribution < 1.29 is 33.3 Å². The summed E-state index contributed by atoms with van der Waals surface area (Å²) in [7, 11) is 4.37. The van der Waals surface area contributed by atoms with Gasteiger partial charge in [0.25, 0.3) is 5.91 Å². The number of hydrogen-bond acceptors (Lipinski definition) is 8. The zero-order valence-electron chi connectivity index (χ0n) is 19.2. The molecule has 0 atom stereocenters. The number of methoxy groups -OCH3 is 3. The standard InChI is InChI=1S/C25H23ClN2O7/c1-31-21-12-17(13-22(32-2)24(21)33-3)25(30)35-20-7-5-4-6-16(20)14-27-28-23(29)15-34-19-10-8-18(26)9-11-19/h4-14H,15H2,1-3H3,(H,28,29)/b27-14+. The zero-order chi connectivity index (χ0) is 25.2. The first-order chi connectivity index (χ1) is 16.9. The highest BCUT2D eigenvalue weighted by atomic mass is 35.5. The highest BCUT2D eigenvalue weighted by Gasteiger charge is 2.19. The number of para-hydroxylation sites is 1. The molecule has 0 bridgehead atoms. The van der Waals surface area contributed by atoms with Crippen molar-refractivity contribution in [1.29, 1.82) is 0 Å². The van der Waals surface area contributed by atoms with Crippen molar-refractivity contribution in [2.45, 2.75) is 0 Å². The van der Waals surface area contributed by atoms with Crippen LogP contribution in [0.15, 0.2) is 65.8 Å². The first-order valence-corrected chi connectivity index (χ1v) is 10.6. The minimum Gasteiger partial charge on any atom is -0.493 e. The van der Waals surface area contributed by atoms with E-state index in [4.69, 9.17) is 35.3 Å². The molecule has 182 valence electrons. The van der Waals surface area contributed by atoms with E-state index in [1.54, 1.807) is 48.5 Å². The van der Waals surface area contributed by atoms with Crippen LogP contribution in [0.2, 0.25) is 5.02 Å². The van der Waals surface area contributed by atoms with Crippen molar-refractivity contribution in [1.82, 2.24) is 5.43 Å². The quantitative estimate of drug-likeness (QED) is 0.194. The maximum absolute atomic E-state index is 12.8. The van der Waals surface area contributed by atoms with Gasteiger partial charge in [-0.05, 0) is 48.5 Å². The molecule has 3 aromatic carbocycles. The minimum atomic E-state index is -0.648. The van der Waals surface area contributed by atoms with E-state index in [1.165, 1.54) is 39.7 Å². The van der Waals surface area contributed by atoms with E-state index in [1.807, 2.05) is 0 Å². The number of carbonyl (C=O) groups excluding carboxylic acids is 2. The van der Waals surface area contributed by atoms with Gasteiger partial charge in [0.05, 0.1) is 33.1 Å². The van der Waals surface area contributed by atoms with Crippen molar-refractivity contribution in [2.75, 3.05) is 27.9 Å². The van der Waals surface area contributed by atoms with Gasteiger partial charge in [0.15, 0.2) is 18.1 Å². The van der Waals surface area contributed by atoms with Gasteiger partial charge in [-0.1, -0.05) is 23.7 Å². The molecule has 0 heterocycles. The molecule has 0 radical (unpaired) electrons. The Kier molecular flexibility index (Phi) is 8.91. The number of esters is 1. The predicted octanol–water partition coefficient (Wildman–Crippen LogP) is 4.11. The van der Waals surface area contributed by atoms with E-state index in [9.17, 15) is 9.59 Å². The van der Waals surface area contributed by atoms with Gasteiger partial charge in [-0.25, -0.2) is 10.2 Å². The van der Waals surface area contributed by atoms with Crippen LogP contribution in [0.1, 0.15) is 15.9 Å². The smallest absolute Gasteiger partial charge is 0.343 e. The third-order valence-electron chi connectivity index (χ3n) is 4.60. The highest BCUT2D eigenvalue weighted by Crippen LogP contribution is 2.38. The van der Waals surface area contributed by atoms with Crippen molar-refractivity contribution in [3.8, 4) is 28.7 Å². The van der Waals surface area contributed by atoms with E-state index in [2.05, 4.69) is 10.5 Å². The number of nitrogens with zero attached hydrogens (tertiary/aromatic N) is 1. The van der Waals surface area contributed by atoms with Gasteiger partial charge in [0, 0.05) is 10.6 Å². The molecular formula is C25H23ClN2O7. The van der Waals surface area contributed by atoms with Gasteiger partial charge in [0.2, 0.25) is 5.75 Å². The summed E-state index contributed by atoms with van der Waals surface area (Å²) in [5, 5.41) is 4.48. The lowest BCUT2D eigenvalue weighted by molar-refractivity contribution is -0.123. The number of halogens is 1. The lowest BCUT2D eigenvalue weighted by atomic mass is 10.1. The third kappa shape index (κ3) is 6.87. The predicted molar refractivity (Wildman–Crippen MR) is 130 cm³/mol. The molecule has 3 rings (SSSR count). The Morgan fingerprint density at radius 3 is 2.20 bits per heavy atom. The molecule has 0 aromatic heterocycles. The Morgan fingerprint density at radius 1 is 0.914 bits per heavy atom. The number of hydrazone groups is 1. The molecule has 0 saturated heterocycles. The summed E-state index contributed by atoms with van der Waals surface area (Å²) in [6.45, 7) is -0.239. The molecule has 0 aliphatic rings. The van der Waals surface area contributed by atoms with Gasteiger partial charge in [-0.2, -0.15) is 5.10 Å². The first kappa shape index (κ1) is 25.4. The molecule has 0 unspecified atom stereocenters. The summed E-state index contributed by atoms with van der Waals surface area (Å²) >= 11 is 5.82. The van der Waals surface area contributed by atoms with Crippen LogP contribution in [0.25, 0.3) is 0 Å². The number of amides is 1. The molecule has 1 N–H and O–H groups in total. The number of ether oxygens (including phenoxy) is 5. The molecule has 9 nitrogen and oxygen atoms in total. The van der Waals surface area contributed by atoms with Crippen LogP contribution in [-0.2, 0) is 4.79 Å². The monoisotopic (exact) mass is 498 g/mol. The molecule has 10 heteroatoms. The second-order valence-corrected chi connectivity index (χ2v) is 7.31. The molecule has 0 saturated carbocycles. The summed E-state index contributed by atoms with van der Waals surface area (Å²) in [5.74, 6) is 0.608. The number of nitrogens with one attached hydrogen (secondary N) is 1. The fourth-order valence-corrected chi connectivity index (χ4v) is 3.05. The van der Waals surface area contributed by atoms with Crippen LogP contribution in [0.4, 0.5) is 0 Å². The Bertz CT molecular complexity index is 1190. The molecular weight excluding hydrogens is 476 g/mol. The Morgan fingerprint density at radius 2 is 1.57 bits per heavy atom. The lowest BCUT2D eigenvalue weighted by Crippen LogP contribution is -2.24. The molecule has 35 heavy (non-hydrogen) atoms. The Labute approximate surface area is 207 Å². The van der Waals surface area contributed by atoms with E-state index < -0.39 is 11.9 Å². The molecule has 0 aliphatic heterocycles. The van der Waals surface area contributed by atoms with Crippen LogP contribution in [0.3, 0.4) is 0 Å². The second-order valence-electron chi connectivity index (χ2n) is 6.88. The maximum atomic E-state index is 12.8. The number of hydrogen-bond donors (Lipinski definition) is 1. The third-order valence-corrected chi connectivity index (χ3v) is 4.85. The average molecular weight is 499 g/mol. The first-order valence-electron chi connectivity index (χ1n) is 10.3.